The summed E-state index contributed by atoms with van der Waals surface area (Å²) in [6.07, 6.45) is 4.52. The monoisotopic (exact) mass is 497 g/mol. The van der Waals surface area contributed by atoms with Crippen molar-refractivity contribution in [3.63, 3.8) is 0 Å². The van der Waals surface area contributed by atoms with Gasteiger partial charge in [0.2, 0.25) is 0 Å². The van der Waals surface area contributed by atoms with Gasteiger partial charge in [0.25, 0.3) is 5.91 Å². The third kappa shape index (κ3) is 3.86. The van der Waals surface area contributed by atoms with Crippen LogP contribution in [0.4, 0.5) is 20.2 Å². The number of nitrogens with two attached hydrogens (primary N) is 3. The van der Waals surface area contributed by atoms with E-state index in [4.69, 9.17) is 17.2 Å². The molecule has 3 aliphatic rings. The molecule has 0 radical (unpaired) electrons. The average Bonchev–Trinajstić information content (AvgIpc) is 3.38. The Morgan fingerprint density at radius 1 is 1.26 bits per heavy atom. The zero-order chi connectivity index (χ0) is 24.9. The Kier molecular flexibility index (Phi) is 6.02. The largest absolute Gasteiger partial charge is 0.392 e. The standard InChI is InChI=1S/C24H25F2N7OS/c25-15-4-1-5-16(26)18(15)24-33(21(22(29)34)23(30)35-24)17-10-31-19-12(9-27)6-7-14(19)20(17)32-8-2-3-13(28)11-32/h1,4-5,10,12-13,24H,2-3,6-8,11,28,30H2,(H2,29,34)/t12-,13+,24?/m1/s1. The third-order valence-corrected chi connectivity index (χ3v) is 7.91. The summed E-state index contributed by atoms with van der Waals surface area (Å²) >= 11 is 0.960. The molecule has 8 nitrogen and oxygen atoms in total. The molecule has 1 aromatic heterocycles. The summed E-state index contributed by atoms with van der Waals surface area (Å²) in [5, 5.41) is 8.69. The van der Waals surface area contributed by atoms with E-state index >= 15 is 0 Å². The maximum Gasteiger partial charge on any atom is 0.268 e. The molecule has 1 fully saturated rings. The van der Waals surface area contributed by atoms with Crippen molar-refractivity contribution < 1.29 is 13.6 Å². The highest BCUT2D eigenvalue weighted by Gasteiger charge is 2.42. The fourth-order valence-corrected chi connectivity index (χ4v) is 6.49. The van der Waals surface area contributed by atoms with Gasteiger partial charge in [-0.05, 0) is 37.8 Å². The molecule has 2 aromatic rings. The Labute approximate surface area is 205 Å². The van der Waals surface area contributed by atoms with Crippen LogP contribution in [0.5, 0.6) is 0 Å². The Bertz CT molecular complexity index is 1260. The van der Waals surface area contributed by atoms with Crippen molar-refractivity contribution in [3.05, 3.63) is 63.6 Å². The molecule has 0 bridgehead atoms. The van der Waals surface area contributed by atoms with Crippen LogP contribution >= 0.6 is 11.8 Å². The lowest BCUT2D eigenvalue weighted by Crippen LogP contribution is -2.44. The lowest BCUT2D eigenvalue weighted by atomic mass is 10.0. The number of carbonyl (C=O) groups is 1. The first-order valence-corrected chi connectivity index (χ1v) is 12.3. The molecule has 6 N–H and O–H groups in total. The molecule has 1 amide bonds. The van der Waals surface area contributed by atoms with Crippen molar-refractivity contribution in [2.24, 2.45) is 17.2 Å². The van der Waals surface area contributed by atoms with Crippen molar-refractivity contribution in [1.29, 1.82) is 5.26 Å². The number of nitriles is 1. The number of halogens is 2. The number of amides is 1. The highest BCUT2D eigenvalue weighted by molar-refractivity contribution is 8.03. The van der Waals surface area contributed by atoms with E-state index < -0.39 is 22.9 Å². The number of benzene rings is 1. The van der Waals surface area contributed by atoms with Crippen LogP contribution in [0.15, 0.2) is 35.1 Å². The van der Waals surface area contributed by atoms with E-state index in [1.54, 1.807) is 6.20 Å². The molecule has 11 heteroatoms. The van der Waals surface area contributed by atoms with Crippen LogP contribution in [-0.2, 0) is 11.2 Å². The molecule has 1 aliphatic carbocycles. The van der Waals surface area contributed by atoms with Gasteiger partial charge in [-0.25, -0.2) is 8.78 Å². The van der Waals surface area contributed by atoms with Crippen molar-refractivity contribution in [2.75, 3.05) is 22.9 Å². The summed E-state index contributed by atoms with van der Waals surface area (Å²) in [7, 11) is 0. The highest BCUT2D eigenvalue weighted by Crippen LogP contribution is 2.53. The van der Waals surface area contributed by atoms with Gasteiger partial charge in [-0.1, -0.05) is 17.8 Å². The first-order valence-electron chi connectivity index (χ1n) is 11.4. The maximum atomic E-state index is 14.9. The van der Waals surface area contributed by atoms with Gasteiger partial charge in [0.1, 0.15) is 22.7 Å². The molecule has 0 saturated carbocycles. The first-order chi connectivity index (χ1) is 16.8. The number of thioether (sulfide) groups is 1. The van der Waals surface area contributed by atoms with Crippen molar-refractivity contribution in [2.45, 2.75) is 43.0 Å². The van der Waals surface area contributed by atoms with E-state index in [0.717, 1.165) is 35.9 Å². The summed E-state index contributed by atoms with van der Waals surface area (Å²) in [5.41, 5.74) is 20.7. The molecule has 1 aromatic carbocycles. The molecular weight excluding hydrogens is 472 g/mol. The summed E-state index contributed by atoms with van der Waals surface area (Å²) in [4.78, 5) is 20.8. The number of primary amides is 1. The summed E-state index contributed by atoms with van der Waals surface area (Å²) in [5.74, 6) is -2.68. The quantitative estimate of drug-likeness (QED) is 0.586. The SMILES string of the molecule is N#C[C@H]1CCc2c1ncc(N1C(C(N)=O)=C(N)SC1c1c(F)cccc1F)c2N1CCC[C@H](N)C1. The molecular formula is C24H25F2N7OS. The van der Waals surface area contributed by atoms with Gasteiger partial charge >= 0.3 is 0 Å². The highest BCUT2D eigenvalue weighted by atomic mass is 32.2. The van der Waals surface area contributed by atoms with E-state index in [2.05, 4.69) is 16.0 Å². The number of hydrogen-bond donors (Lipinski definition) is 3. The van der Waals surface area contributed by atoms with Gasteiger partial charge in [-0.2, -0.15) is 5.26 Å². The molecule has 3 heterocycles. The van der Waals surface area contributed by atoms with E-state index in [1.165, 1.54) is 23.1 Å². The molecule has 2 aliphatic heterocycles. The van der Waals surface area contributed by atoms with Crippen molar-refractivity contribution >= 4 is 29.0 Å². The third-order valence-electron chi connectivity index (χ3n) is 6.79. The van der Waals surface area contributed by atoms with Crippen LogP contribution in [0.2, 0.25) is 0 Å². The summed E-state index contributed by atoms with van der Waals surface area (Å²) in [6, 6.07) is 5.86. The van der Waals surface area contributed by atoms with Crippen LogP contribution in [0.3, 0.4) is 0 Å². The second kappa shape index (κ2) is 9.02. The predicted molar refractivity (Wildman–Crippen MR) is 130 cm³/mol. The second-order valence-corrected chi connectivity index (χ2v) is 10.1. The molecule has 0 spiro atoms. The maximum absolute atomic E-state index is 14.9. The molecule has 182 valence electrons. The number of nitrogens with zero attached hydrogens (tertiary/aromatic N) is 4. The van der Waals surface area contributed by atoms with Crippen LogP contribution in [0, 0.1) is 23.0 Å². The number of aromatic nitrogens is 1. The average molecular weight is 498 g/mol. The topological polar surface area (TPSA) is 138 Å². The molecule has 5 rings (SSSR count). The van der Waals surface area contributed by atoms with E-state index in [-0.39, 0.29) is 28.2 Å². The smallest absolute Gasteiger partial charge is 0.268 e. The predicted octanol–water partition coefficient (Wildman–Crippen LogP) is 2.71. The Balaban J connectivity index is 1.74. The van der Waals surface area contributed by atoms with Gasteiger partial charge in [-0.15, -0.1) is 0 Å². The Morgan fingerprint density at radius 2 is 2.00 bits per heavy atom. The molecule has 3 atom stereocenters. The van der Waals surface area contributed by atoms with Gasteiger partial charge in [0.15, 0.2) is 0 Å². The van der Waals surface area contributed by atoms with E-state index in [9.17, 15) is 18.8 Å². The Hall–Kier alpha value is -3.36. The number of pyridine rings is 1. The Morgan fingerprint density at radius 3 is 2.66 bits per heavy atom. The van der Waals surface area contributed by atoms with Gasteiger partial charge in [0.05, 0.1) is 45.8 Å². The first kappa shape index (κ1) is 23.4. The van der Waals surface area contributed by atoms with Crippen LogP contribution < -0.4 is 27.0 Å². The van der Waals surface area contributed by atoms with Crippen LogP contribution in [0.1, 0.15) is 47.4 Å². The van der Waals surface area contributed by atoms with Gasteiger partial charge in [-0.3, -0.25) is 9.78 Å². The normalized spacial score (nSPS) is 24.0. The number of anilines is 2. The number of piperidine rings is 1. The van der Waals surface area contributed by atoms with Crippen LogP contribution in [0.25, 0.3) is 0 Å². The zero-order valence-corrected chi connectivity index (χ0v) is 19.7. The summed E-state index contributed by atoms with van der Waals surface area (Å²) < 4.78 is 29.9. The van der Waals surface area contributed by atoms with Gasteiger partial charge in [0, 0.05) is 24.7 Å². The van der Waals surface area contributed by atoms with Crippen molar-refractivity contribution in [3.8, 4) is 6.07 Å². The molecule has 35 heavy (non-hydrogen) atoms. The zero-order valence-electron chi connectivity index (χ0n) is 18.9. The van der Waals surface area contributed by atoms with Crippen LogP contribution in [-0.4, -0.2) is 30.0 Å². The minimum Gasteiger partial charge on any atom is -0.392 e. The summed E-state index contributed by atoms with van der Waals surface area (Å²) in [6.45, 7) is 1.27. The lowest BCUT2D eigenvalue weighted by molar-refractivity contribution is -0.114. The minimum absolute atomic E-state index is 0.0400. The minimum atomic E-state index is -1.01. The fourth-order valence-electron chi connectivity index (χ4n) is 5.27. The second-order valence-electron chi connectivity index (χ2n) is 8.98. The number of fused-ring (bicyclic) bond motifs is 1. The lowest BCUT2D eigenvalue weighted by Gasteiger charge is -2.38. The molecule has 1 saturated heterocycles. The molecule has 1 unspecified atom stereocenters. The fraction of sp³-hybridized carbons (Fsp3) is 0.375. The number of carbonyl (C=O) groups excluding carboxylic acids is 1. The number of hydrogen-bond acceptors (Lipinski definition) is 8. The number of rotatable bonds is 4. The van der Waals surface area contributed by atoms with Gasteiger partial charge < -0.3 is 27.0 Å². The van der Waals surface area contributed by atoms with E-state index in [1.807, 2.05) is 0 Å². The van der Waals surface area contributed by atoms with Crippen molar-refractivity contribution in [1.82, 2.24) is 4.98 Å². The van der Waals surface area contributed by atoms with E-state index in [0.29, 0.717) is 37.3 Å².